The highest BCUT2D eigenvalue weighted by atomic mass is 19.1. The van der Waals surface area contributed by atoms with Crippen molar-refractivity contribution in [2.24, 2.45) is 7.05 Å². The molecule has 1 aromatic carbocycles. The van der Waals surface area contributed by atoms with Crippen molar-refractivity contribution in [2.75, 3.05) is 18.0 Å². The Morgan fingerprint density at radius 1 is 1.06 bits per heavy atom. The van der Waals surface area contributed by atoms with Crippen LogP contribution in [0.25, 0.3) is 22.3 Å². The maximum Gasteiger partial charge on any atom is 0.167 e. The number of ether oxygens (including phenoxy) is 1. The van der Waals surface area contributed by atoms with Gasteiger partial charge in [-0.3, -0.25) is 9.67 Å². The summed E-state index contributed by atoms with van der Waals surface area (Å²) >= 11 is 0. The molecule has 11 heteroatoms. The quantitative estimate of drug-likeness (QED) is 0.419. The lowest BCUT2D eigenvalue weighted by Gasteiger charge is -2.33. The van der Waals surface area contributed by atoms with E-state index in [-0.39, 0.29) is 11.9 Å². The minimum absolute atomic E-state index is 0.0353. The predicted molar refractivity (Wildman–Crippen MR) is 128 cm³/mol. The number of aliphatic hydroxyl groups excluding tert-OH is 2. The fourth-order valence-electron chi connectivity index (χ4n) is 4.27. The SMILES string of the molecule is CC(O)C(O)c1cc2nc(N3CCC(Oc4ccc(F)cc4F)CC3)c(-c3cnn(C)c3)nc2cn1. The van der Waals surface area contributed by atoms with Crippen molar-refractivity contribution >= 4 is 16.9 Å². The van der Waals surface area contributed by atoms with Crippen LogP contribution in [-0.4, -0.2) is 60.2 Å². The molecule has 0 radical (unpaired) electrons. The molecule has 36 heavy (non-hydrogen) atoms. The summed E-state index contributed by atoms with van der Waals surface area (Å²) in [6.45, 7) is 2.65. The summed E-state index contributed by atoms with van der Waals surface area (Å²) in [6, 6.07) is 4.92. The number of aliphatic hydroxyl groups is 2. The first-order chi connectivity index (χ1) is 17.3. The zero-order valence-corrected chi connectivity index (χ0v) is 19.8. The van der Waals surface area contributed by atoms with Gasteiger partial charge in [-0.15, -0.1) is 0 Å². The maximum atomic E-state index is 14.0. The van der Waals surface area contributed by atoms with Crippen LogP contribution in [0.2, 0.25) is 0 Å². The molecule has 2 atom stereocenters. The van der Waals surface area contributed by atoms with Crippen LogP contribution in [0.15, 0.2) is 42.9 Å². The van der Waals surface area contributed by atoms with E-state index in [2.05, 4.69) is 15.0 Å². The number of aromatic nitrogens is 5. The van der Waals surface area contributed by atoms with Crippen molar-refractivity contribution < 1.29 is 23.7 Å². The van der Waals surface area contributed by atoms with Crippen LogP contribution in [-0.2, 0) is 7.05 Å². The minimum Gasteiger partial charge on any atom is -0.487 e. The average molecular weight is 497 g/mol. The second-order valence-corrected chi connectivity index (χ2v) is 8.96. The largest absolute Gasteiger partial charge is 0.487 e. The Morgan fingerprint density at radius 2 is 1.83 bits per heavy atom. The van der Waals surface area contributed by atoms with Crippen molar-refractivity contribution in [3.8, 4) is 17.0 Å². The van der Waals surface area contributed by atoms with E-state index < -0.39 is 23.8 Å². The van der Waals surface area contributed by atoms with Crippen molar-refractivity contribution in [3.05, 3.63) is 60.2 Å². The van der Waals surface area contributed by atoms with E-state index >= 15 is 0 Å². The zero-order valence-electron chi connectivity index (χ0n) is 19.8. The number of fused-ring (bicyclic) bond motifs is 1. The molecule has 1 saturated heterocycles. The number of pyridine rings is 1. The van der Waals surface area contributed by atoms with E-state index in [9.17, 15) is 19.0 Å². The summed E-state index contributed by atoms with van der Waals surface area (Å²) in [5.74, 6) is -0.689. The lowest BCUT2D eigenvalue weighted by Crippen LogP contribution is -2.39. The number of rotatable bonds is 6. The van der Waals surface area contributed by atoms with Gasteiger partial charge in [0.1, 0.15) is 29.2 Å². The number of benzene rings is 1. The van der Waals surface area contributed by atoms with Gasteiger partial charge < -0.3 is 19.8 Å². The van der Waals surface area contributed by atoms with Gasteiger partial charge in [-0.05, 0) is 25.1 Å². The highest BCUT2D eigenvalue weighted by molar-refractivity contribution is 5.83. The molecular weight excluding hydrogens is 470 g/mol. The summed E-state index contributed by atoms with van der Waals surface area (Å²) in [4.78, 5) is 16.0. The molecule has 3 aromatic heterocycles. The first-order valence-electron chi connectivity index (χ1n) is 11.7. The number of aryl methyl sites for hydroxylation is 1. The molecule has 1 aliphatic heterocycles. The third-order valence-corrected chi connectivity index (χ3v) is 6.22. The molecule has 4 heterocycles. The molecule has 9 nitrogen and oxygen atoms in total. The van der Waals surface area contributed by atoms with Crippen molar-refractivity contribution in [3.63, 3.8) is 0 Å². The molecule has 1 fully saturated rings. The van der Waals surface area contributed by atoms with Gasteiger partial charge in [-0.2, -0.15) is 5.10 Å². The smallest absolute Gasteiger partial charge is 0.167 e. The van der Waals surface area contributed by atoms with Gasteiger partial charge in [0.15, 0.2) is 17.4 Å². The van der Waals surface area contributed by atoms with E-state index in [1.54, 1.807) is 16.9 Å². The molecular formula is C25H26F2N6O3. The Bertz CT molecular complexity index is 1390. The van der Waals surface area contributed by atoms with Gasteiger partial charge in [0.2, 0.25) is 0 Å². The van der Waals surface area contributed by atoms with Crippen LogP contribution < -0.4 is 9.64 Å². The van der Waals surface area contributed by atoms with Gasteiger partial charge in [-0.1, -0.05) is 0 Å². The monoisotopic (exact) mass is 496 g/mol. The minimum atomic E-state index is -1.14. The highest BCUT2D eigenvalue weighted by Crippen LogP contribution is 2.32. The van der Waals surface area contributed by atoms with Gasteiger partial charge in [0.25, 0.3) is 0 Å². The Balaban J connectivity index is 1.44. The van der Waals surface area contributed by atoms with Crippen molar-refractivity contribution in [2.45, 2.75) is 38.1 Å². The van der Waals surface area contributed by atoms with Crippen LogP contribution in [0.1, 0.15) is 31.6 Å². The Labute approximate surface area is 206 Å². The van der Waals surface area contributed by atoms with Gasteiger partial charge in [0, 0.05) is 50.8 Å². The Kier molecular flexibility index (Phi) is 6.50. The lowest BCUT2D eigenvalue weighted by molar-refractivity contribution is 0.0279. The maximum absolute atomic E-state index is 14.0. The fourth-order valence-corrected chi connectivity index (χ4v) is 4.27. The number of halogens is 2. The van der Waals surface area contributed by atoms with Crippen LogP contribution >= 0.6 is 0 Å². The molecule has 4 aromatic rings. The Morgan fingerprint density at radius 3 is 2.50 bits per heavy atom. The highest BCUT2D eigenvalue weighted by Gasteiger charge is 2.26. The van der Waals surface area contributed by atoms with E-state index in [1.807, 2.05) is 13.2 Å². The number of hydrogen-bond acceptors (Lipinski definition) is 8. The molecule has 188 valence electrons. The summed E-state index contributed by atoms with van der Waals surface area (Å²) in [6.07, 6.45) is 3.95. The van der Waals surface area contributed by atoms with Crippen LogP contribution in [0.5, 0.6) is 5.75 Å². The number of nitrogens with zero attached hydrogens (tertiary/aromatic N) is 6. The first-order valence-corrected chi connectivity index (χ1v) is 11.7. The molecule has 2 N–H and O–H groups in total. The second-order valence-electron chi connectivity index (χ2n) is 8.96. The number of anilines is 1. The van der Waals surface area contributed by atoms with Gasteiger partial charge in [0.05, 0.1) is 29.7 Å². The van der Waals surface area contributed by atoms with Crippen molar-refractivity contribution in [1.82, 2.24) is 24.7 Å². The molecule has 5 rings (SSSR count). The Hall–Kier alpha value is -3.70. The summed E-state index contributed by atoms with van der Waals surface area (Å²) in [5, 5.41) is 24.3. The van der Waals surface area contributed by atoms with Crippen LogP contribution in [0, 0.1) is 11.6 Å². The van der Waals surface area contributed by atoms with Crippen LogP contribution in [0.4, 0.5) is 14.6 Å². The molecule has 1 aliphatic rings. The van der Waals surface area contributed by atoms with Gasteiger partial charge >= 0.3 is 0 Å². The van der Waals surface area contributed by atoms with Crippen LogP contribution in [0.3, 0.4) is 0 Å². The standard InChI is InChI=1S/C25H26F2N6O3/c1-14(34)24(35)20-10-19-21(12-28-20)30-23(15-11-29-32(2)13-15)25(31-19)33-7-5-17(6-8-33)36-22-4-3-16(26)9-18(22)27/h3-4,9-14,17,24,34-35H,5-8H2,1-2H3. The molecule has 0 bridgehead atoms. The normalized spacial score (nSPS) is 16.3. The summed E-state index contributed by atoms with van der Waals surface area (Å²) < 4.78 is 34.7. The summed E-state index contributed by atoms with van der Waals surface area (Å²) in [7, 11) is 1.82. The van der Waals surface area contributed by atoms with Gasteiger partial charge in [-0.25, -0.2) is 18.7 Å². The number of hydrogen-bond donors (Lipinski definition) is 2. The molecule has 2 unspecified atom stereocenters. The summed E-state index contributed by atoms with van der Waals surface area (Å²) in [5.41, 5.74) is 2.82. The first kappa shape index (κ1) is 24.0. The molecule has 0 aliphatic carbocycles. The molecule has 0 spiro atoms. The second kappa shape index (κ2) is 9.75. The topological polar surface area (TPSA) is 109 Å². The van der Waals surface area contributed by atoms with E-state index in [4.69, 9.17) is 14.7 Å². The van der Waals surface area contributed by atoms with Crippen molar-refractivity contribution in [1.29, 1.82) is 0 Å². The lowest BCUT2D eigenvalue weighted by atomic mass is 10.1. The third kappa shape index (κ3) is 4.84. The van der Waals surface area contributed by atoms with E-state index in [0.29, 0.717) is 54.2 Å². The zero-order chi connectivity index (χ0) is 25.4. The fraction of sp³-hybridized carbons (Fsp3) is 0.360. The average Bonchev–Trinajstić information content (AvgIpc) is 3.30. The predicted octanol–water partition coefficient (Wildman–Crippen LogP) is 3.17. The van der Waals surface area contributed by atoms with E-state index in [1.165, 1.54) is 25.3 Å². The number of piperidine rings is 1. The van der Waals surface area contributed by atoms with E-state index in [0.717, 1.165) is 11.6 Å². The molecule has 0 amide bonds. The molecule has 0 saturated carbocycles. The third-order valence-electron chi connectivity index (χ3n) is 6.22.